The fourth-order valence-corrected chi connectivity index (χ4v) is 7.44. The molecule has 5 heteroatoms. The Morgan fingerprint density at radius 2 is 1.16 bits per heavy atom. The first-order valence-corrected chi connectivity index (χ1v) is 16.3. The lowest BCUT2D eigenvalue weighted by Gasteiger charge is -2.16. The summed E-state index contributed by atoms with van der Waals surface area (Å²) in [5.74, 6) is 0. The van der Waals surface area contributed by atoms with E-state index in [1.165, 1.54) is 0 Å². The van der Waals surface area contributed by atoms with Crippen LogP contribution in [0.1, 0.15) is 11.1 Å². The Balaban J connectivity index is 1.19. The van der Waals surface area contributed by atoms with Crippen LogP contribution in [0.15, 0.2) is 152 Å². The summed E-state index contributed by atoms with van der Waals surface area (Å²) in [5, 5.41) is 24.1. The van der Waals surface area contributed by atoms with Gasteiger partial charge in [0.15, 0.2) is 0 Å². The molecular formula is C45H25N5. The van der Waals surface area contributed by atoms with Crippen LogP contribution < -0.4 is 0 Å². The van der Waals surface area contributed by atoms with Gasteiger partial charge >= 0.3 is 0 Å². The molecule has 0 saturated heterocycles. The maximum atomic E-state index is 10.3. The molecule has 50 heavy (non-hydrogen) atoms. The molecule has 9 rings (SSSR count). The lowest BCUT2D eigenvalue weighted by atomic mass is 9.95. The van der Waals surface area contributed by atoms with Gasteiger partial charge in [-0.25, -0.2) is 4.85 Å². The van der Waals surface area contributed by atoms with Crippen LogP contribution in [0.25, 0.3) is 82.1 Å². The van der Waals surface area contributed by atoms with Crippen LogP contribution in [0.4, 0.5) is 5.69 Å². The predicted octanol–water partition coefficient (Wildman–Crippen LogP) is 11.5. The van der Waals surface area contributed by atoms with Crippen molar-refractivity contribution in [3.8, 4) is 45.8 Å². The summed E-state index contributed by atoms with van der Waals surface area (Å²) < 4.78 is 4.39. The van der Waals surface area contributed by atoms with Crippen molar-refractivity contribution in [2.24, 2.45) is 0 Å². The van der Waals surface area contributed by atoms with E-state index in [0.29, 0.717) is 16.8 Å². The van der Waals surface area contributed by atoms with Gasteiger partial charge < -0.3 is 9.13 Å². The second-order valence-electron chi connectivity index (χ2n) is 12.3. The van der Waals surface area contributed by atoms with Crippen molar-refractivity contribution in [2.45, 2.75) is 0 Å². The van der Waals surface area contributed by atoms with Gasteiger partial charge in [0, 0.05) is 27.4 Å². The molecule has 230 valence electrons. The fourth-order valence-electron chi connectivity index (χ4n) is 7.44. The van der Waals surface area contributed by atoms with Crippen molar-refractivity contribution in [1.29, 1.82) is 10.5 Å². The first kappa shape index (κ1) is 28.8. The highest BCUT2D eigenvalue weighted by Gasteiger charge is 2.20. The zero-order valence-corrected chi connectivity index (χ0v) is 26.7. The van der Waals surface area contributed by atoms with Crippen LogP contribution in [-0.4, -0.2) is 9.13 Å². The van der Waals surface area contributed by atoms with Crippen molar-refractivity contribution >= 4 is 49.3 Å². The van der Waals surface area contributed by atoms with Gasteiger partial charge in [-0.1, -0.05) is 97.1 Å². The van der Waals surface area contributed by atoms with Crippen LogP contribution >= 0.6 is 0 Å². The highest BCUT2D eigenvalue weighted by molar-refractivity contribution is 6.14. The first-order chi connectivity index (χ1) is 24.7. The summed E-state index contributed by atoms with van der Waals surface area (Å²) >= 11 is 0. The van der Waals surface area contributed by atoms with Crippen LogP contribution in [0.3, 0.4) is 0 Å². The molecule has 2 aromatic heterocycles. The third-order valence-electron chi connectivity index (χ3n) is 9.61. The van der Waals surface area contributed by atoms with Crippen LogP contribution in [-0.2, 0) is 0 Å². The molecule has 0 fully saturated rings. The van der Waals surface area contributed by atoms with E-state index < -0.39 is 0 Å². The minimum absolute atomic E-state index is 0.564. The molecule has 7 aromatic carbocycles. The van der Waals surface area contributed by atoms with Crippen LogP contribution in [0.2, 0.25) is 0 Å². The fraction of sp³-hybridized carbons (Fsp3) is 0. The summed E-state index contributed by atoms with van der Waals surface area (Å²) in [4.78, 5) is 3.89. The topological polar surface area (TPSA) is 61.8 Å². The van der Waals surface area contributed by atoms with Gasteiger partial charge in [-0.05, 0) is 76.7 Å². The quantitative estimate of drug-likeness (QED) is 0.181. The van der Waals surface area contributed by atoms with Crippen molar-refractivity contribution in [2.75, 3.05) is 0 Å². The molecule has 0 bridgehead atoms. The molecule has 0 N–H and O–H groups in total. The maximum Gasteiger partial charge on any atom is 0.211 e. The molecule has 0 spiro atoms. The zero-order chi connectivity index (χ0) is 33.8. The van der Waals surface area contributed by atoms with Crippen molar-refractivity contribution in [1.82, 2.24) is 9.13 Å². The summed E-state index contributed by atoms with van der Waals surface area (Å²) in [6, 6.07) is 55.5. The Morgan fingerprint density at radius 3 is 1.92 bits per heavy atom. The third kappa shape index (κ3) is 4.31. The van der Waals surface area contributed by atoms with E-state index in [1.54, 1.807) is 0 Å². The van der Waals surface area contributed by atoms with Gasteiger partial charge in [-0.3, -0.25) is 0 Å². The minimum atomic E-state index is 0.564. The van der Waals surface area contributed by atoms with Crippen molar-refractivity contribution in [3.05, 3.63) is 174 Å². The zero-order valence-electron chi connectivity index (χ0n) is 26.7. The number of hydrogen-bond donors (Lipinski definition) is 0. The number of para-hydroxylation sites is 3. The van der Waals surface area contributed by atoms with E-state index in [0.717, 1.165) is 77.2 Å². The molecule has 0 amide bonds. The Kier molecular flexibility index (Phi) is 6.56. The van der Waals surface area contributed by atoms with Crippen LogP contribution in [0, 0.1) is 29.2 Å². The lowest BCUT2D eigenvalue weighted by molar-refractivity contribution is 1.18. The standard InChI is InChI=1S/C45H25N5/c1-48-39-15-8-14-37-35-12-2-5-17-41(35)50(45(37)39)43-18-7-10-33(28-47)44(43)31-22-20-30(21-23-31)32-9-6-11-34(26-32)49-40-16-4-3-13-36(40)38-25-29(27-46)19-24-42(38)49/h2-26H. The first-order valence-electron chi connectivity index (χ1n) is 16.3. The van der Waals surface area contributed by atoms with Gasteiger partial charge in [-0.15, -0.1) is 0 Å². The number of nitrogens with zero attached hydrogens (tertiary/aromatic N) is 5. The third-order valence-corrected chi connectivity index (χ3v) is 9.61. The molecule has 0 aliphatic heterocycles. The number of hydrogen-bond acceptors (Lipinski definition) is 2. The summed E-state index contributed by atoms with van der Waals surface area (Å²) in [5.41, 5.74) is 11.4. The molecule has 0 saturated carbocycles. The average Bonchev–Trinajstić information content (AvgIpc) is 3.70. The Labute approximate surface area is 288 Å². The monoisotopic (exact) mass is 635 g/mol. The van der Waals surface area contributed by atoms with Gasteiger partial charge in [0.2, 0.25) is 5.69 Å². The largest absolute Gasteiger partial charge is 0.318 e. The van der Waals surface area contributed by atoms with Gasteiger partial charge in [0.05, 0.1) is 57.6 Å². The number of aromatic nitrogens is 2. The second kappa shape index (κ2) is 11.4. The van der Waals surface area contributed by atoms with E-state index >= 15 is 0 Å². The molecular weight excluding hydrogens is 611 g/mol. The molecule has 0 aliphatic carbocycles. The molecule has 9 aromatic rings. The van der Waals surface area contributed by atoms with Crippen molar-refractivity contribution < 1.29 is 0 Å². The summed E-state index contributed by atoms with van der Waals surface area (Å²) in [6.45, 7) is 7.96. The lowest BCUT2D eigenvalue weighted by Crippen LogP contribution is -1.99. The van der Waals surface area contributed by atoms with E-state index in [-0.39, 0.29) is 0 Å². The van der Waals surface area contributed by atoms with Crippen LogP contribution in [0.5, 0.6) is 0 Å². The highest BCUT2D eigenvalue weighted by Crippen LogP contribution is 2.41. The van der Waals surface area contributed by atoms with Gasteiger partial charge in [-0.2, -0.15) is 10.5 Å². The molecule has 2 heterocycles. The Morgan fingerprint density at radius 1 is 0.500 bits per heavy atom. The van der Waals surface area contributed by atoms with E-state index in [9.17, 15) is 10.5 Å². The molecule has 0 radical (unpaired) electrons. The van der Waals surface area contributed by atoms with Gasteiger partial charge in [0.1, 0.15) is 0 Å². The van der Waals surface area contributed by atoms with E-state index in [4.69, 9.17) is 6.57 Å². The average molecular weight is 636 g/mol. The molecule has 5 nitrogen and oxygen atoms in total. The number of fused-ring (bicyclic) bond motifs is 6. The SMILES string of the molecule is [C-]#[N+]c1cccc2c3ccccc3n(-c3cccc(C#N)c3-c3ccc(-c4cccc(-n5c6ccccc6c6cc(C#N)ccc65)c4)cc3)c12. The second-order valence-corrected chi connectivity index (χ2v) is 12.3. The predicted molar refractivity (Wildman–Crippen MR) is 202 cm³/mol. The normalized spacial score (nSPS) is 11.1. The number of benzene rings is 7. The summed E-state index contributed by atoms with van der Waals surface area (Å²) in [6.07, 6.45) is 0. The maximum absolute atomic E-state index is 10.3. The van der Waals surface area contributed by atoms with Gasteiger partial charge in [0.25, 0.3) is 0 Å². The molecule has 0 aliphatic rings. The Hall–Kier alpha value is -7.39. The van der Waals surface area contributed by atoms with Crippen molar-refractivity contribution in [3.63, 3.8) is 0 Å². The smallest absolute Gasteiger partial charge is 0.211 e. The van der Waals surface area contributed by atoms with E-state index in [2.05, 4.69) is 105 Å². The Bertz CT molecular complexity index is 2960. The number of rotatable bonds is 4. The minimum Gasteiger partial charge on any atom is -0.318 e. The molecule has 0 atom stereocenters. The highest BCUT2D eigenvalue weighted by atomic mass is 15.0. The summed E-state index contributed by atoms with van der Waals surface area (Å²) in [7, 11) is 0. The number of nitriles is 2. The van der Waals surface area contributed by atoms with E-state index in [1.807, 2.05) is 72.8 Å². The molecule has 0 unspecified atom stereocenters.